The summed E-state index contributed by atoms with van der Waals surface area (Å²) in [7, 11) is 4.96. The molecule has 200 valence electrons. The van der Waals surface area contributed by atoms with E-state index in [-0.39, 0.29) is 10.8 Å². The molecule has 0 aromatic heterocycles. The first-order valence-electron chi connectivity index (χ1n) is 13.5. The third-order valence-electron chi connectivity index (χ3n) is 5.76. The maximum absolute atomic E-state index is 6.33. The Labute approximate surface area is 222 Å². The van der Waals surface area contributed by atoms with E-state index in [9.17, 15) is 0 Å². The lowest BCUT2D eigenvalue weighted by atomic mass is 10.3. The van der Waals surface area contributed by atoms with Gasteiger partial charge in [-0.25, -0.2) is 0 Å². The highest BCUT2D eigenvalue weighted by atomic mass is 33.5. The van der Waals surface area contributed by atoms with Gasteiger partial charge < -0.3 is 18.9 Å². The van der Waals surface area contributed by atoms with Crippen LogP contribution in [-0.4, -0.2) is 67.8 Å². The zero-order valence-corrected chi connectivity index (χ0v) is 27.9. The van der Waals surface area contributed by atoms with Gasteiger partial charge in [-0.1, -0.05) is 88.1 Å². The number of hydrogen-bond donors (Lipinski definition) is 0. The minimum atomic E-state index is -0.424. The van der Waals surface area contributed by atoms with E-state index < -0.39 is 19.0 Å². The minimum absolute atomic E-state index is 0.272. The number of rotatable bonds is 26. The smallest absolute Gasteiger partial charge is 0.145 e. The molecule has 0 fully saturated rings. The predicted molar refractivity (Wildman–Crippen MR) is 159 cm³/mol. The predicted octanol–water partition coefficient (Wildman–Crippen LogP) is 6.80. The van der Waals surface area contributed by atoms with Crippen molar-refractivity contribution in [3.05, 3.63) is 0 Å². The van der Waals surface area contributed by atoms with Crippen molar-refractivity contribution in [2.24, 2.45) is 0 Å². The minimum Gasteiger partial charge on any atom is -0.354 e. The number of hydrogen-bond acceptors (Lipinski definition) is 7. The van der Waals surface area contributed by atoms with E-state index in [1.165, 1.54) is 25.7 Å². The summed E-state index contributed by atoms with van der Waals surface area (Å²) in [6.07, 6.45) is 11.2. The topological polar surface area (TPSA) is 36.9 Å². The van der Waals surface area contributed by atoms with E-state index in [0.29, 0.717) is 0 Å². The van der Waals surface area contributed by atoms with Crippen LogP contribution in [0.4, 0.5) is 0 Å². The van der Waals surface area contributed by atoms with E-state index in [1.807, 2.05) is 31.4 Å². The van der Waals surface area contributed by atoms with Crippen LogP contribution in [0.2, 0.25) is 13.1 Å². The first-order valence-corrected chi connectivity index (χ1v) is 21.6. The third-order valence-corrected chi connectivity index (χ3v) is 13.7. The summed E-state index contributed by atoms with van der Waals surface area (Å²) in [5.41, 5.74) is -0.544. The summed E-state index contributed by atoms with van der Waals surface area (Å²) in [4.78, 5) is 0. The van der Waals surface area contributed by atoms with Crippen molar-refractivity contribution in [1.82, 2.24) is 0 Å². The molecular formula is C24H54O4S3Si2. The molecule has 0 amide bonds. The van der Waals surface area contributed by atoms with Crippen LogP contribution in [0, 0.1) is 0 Å². The van der Waals surface area contributed by atoms with Crippen molar-refractivity contribution < 1.29 is 18.9 Å². The van der Waals surface area contributed by atoms with E-state index in [1.54, 1.807) is 0 Å². The van der Waals surface area contributed by atoms with E-state index >= 15 is 0 Å². The normalized spacial score (nSPS) is 13.3. The summed E-state index contributed by atoms with van der Waals surface area (Å²) in [5.74, 6) is 2.15. The molecule has 0 saturated carbocycles. The Bertz CT molecular complexity index is 367. The highest BCUT2D eigenvalue weighted by Crippen LogP contribution is 2.38. The van der Waals surface area contributed by atoms with Gasteiger partial charge in [0.05, 0.1) is 19.0 Å². The van der Waals surface area contributed by atoms with Crippen LogP contribution in [0.25, 0.3) is 0 Å². The molecule has 0 bridgehead atoms. The zero-order valence-electron chi connectivity index (χ0n) is 22.6. The van der Waals surface area contributed by atoms with Crippen molar-refractivity contribution in [2.75, 3.05) is 37.9 Å². The monoisotopic (exact) mass is 558 g/mol. The lowest BCUT2D eigenvalue weighted by Gasteiger charge is -2.33. The maximum Gasteiger partial charge on any atom is 0.145 e. The van der Waals surface area contributed by atoms with Gasteiger partial charge in [0, 0.05) is 50.8 Å². The van der Waals surface area contributed by atoms with Crippen molar-refractivity contribution >= 4 is 50.5 Å². The number of unbranched alkanes of at least 4 members (excludes halogenated alkanes) is 4. The molecule has 33 heavy (non-hydrogen) atoms. The number of ether oxygens (including phenoxy) is 4. The van der Waals surface area contributed by atoms with Crippen molar-refractivity contribution in [1.29, 1.82) is 0 Å². The molecule has 9 heteroatoms. The standard InChI is InChI=1S/C24H54O4S3Si2/c1-7-11-17-25-23(32-5,26-18-12-8-2)15-21-29-31-30-22-16-24(33-6,27-19-13-9-3)28-20-14-10-4/h7-22,32-33H2,1-6H3. The molecule has 0 heterocycles. The molecule has 0 rings (SSSR count). The lowest BCUT2D eigenvalue weighted by molar-refractivity contribution is -0.182. The van der Waals surface area contributed by atoms with E-state index in [2.05, 4.69) is 40.8 Å². The zero-order chi connectivity index (χ0) is 24.7. The van der Waals surface area contributed by atoms with Crippen molar-refractivity contribution in [2.45, 2.75) is 116 Å². The molecule has 0 unspecified atom stereocenters. The Kier molecular flexibility index (Phi) is 24.7. The molecule has 0 spiro atoms. The van der Waals surface area contributed by atoms with Gasteiger partial charge in [0.25, 0.3) is 0 Å². The quantitative estimate of drug-likeness (QED) is 0.0500. The van der Waals surface area contributed by atoms with Gasteiger partial charge in [0.2, 0.25) is 0 Å². The second-order valence-corrected chi connectivity index (χ2v) is 16.6. The van der Waals surface area contributed by atoms with Gasteiger partial charge in [0.1, 0.15) is 10.8 Å². The van der Waals surface area contributed by atoms with Crippen molar-refractivity contribution in [3.63, 3.8) is 0 Å². The van der Waals surface area contributed by atoms with Gasteiger partial charge in [0.15, 0.2) is 0 Å². The summed E-state index contributed by atoms with van der Waals surface area (Å²) in [6, 6.07) is 0. The molecule has 0 aromatic carbocycles. The lowest BCUT2D eigenvalue weighted by Crippen LogP contribution is -2.42. The molecule has 0 N–H and O–H groups in total. The molecule has 0 aromatic rings. The first-order chi connectivity index (χ1) is 16.1. The summed E-state index contributed by atoms with van der Waals surface area (Å²) in [5, 5.41) is 0. The Morgan fingerprint density at radius 2 is 0.848 bits per heavy atom. The fraction of sp³-hybridized carbons (Fsp3) is 1.00. The van der Waals surface area contributed by atoms with E-state index in [4.69, 9.17) is 18.9 Å². The maximum atomic E-state index is 6.33. The molecule has 0 atom stereocenters. The highest BCUT2D eigenvalue weighted by Gasteiger charge is 2.31. The highest BCUT2D eigenvalue weighted by molar-refractivity contribution is 9.09. The summed E-state index contributed by atoms with van der Waals surface area (Å²) in [6.45, 7) is 16.8. The molecule has 0 saturated heterocycles. The van der Waals surface area contributed by atoms with Crippen LogP contribution in [0.3, 0.4) is 0 Å². The van der Waals surface area contributed by atoms with Gasteiger partial charge in [-0.3, -0.25) is 0 Å². The Morgan fingerprint density at radius 3 is 1.09 bits per heavy atom. The first kappa shape index (κ1) is 34.3. The molecule has 4 nitrogen and oxygen atoms in total. The molecule has 0 radical (unpaired) electrons. The molecular weight excluding hydrogens is 505 g/mol. The van der Waals surface area contributed by atoms with Crippen LogP contribution in [0.15, 0.2) is 0 Å². The second-order valence-electron chi connectivity index (χ2n) is 8.55. The molecule has 0 aliphatic rings. The van der Waals surface area contributed by atoms with Crippen LogP contribution >= 0.6 is 31.4 Å². The average molecular weight is 559 g/mol. The summed E-state index contributed by atoms with van der Waals surface area (Å²) < 4.78 is 25.3. The van der Waals surface area contributed by atoms with Gasteiger partial charge in [-0.05, 0) is 35.5 Å². The van der Waals surface area contributed by atoms with E-state index in [0.717, 1.165) is 76.5 Å². The van der Waals surface area contributed by atoms with Gasteiger partial charge in [-0.15, -0.1) is 0 Å². The van der Waals surface area contributed by atoms with Crippen LogP contribution in [-0.2, 0) is 18.9 Å². The third kappa shape index (κ3) is 17.4. The Morgan fingerprint density at radius 1 is 0.545 bits per heavy atom. The molecule has 0 aliphatic heterocycles. The second kappa shape index (κ2) is 23.7. The SMILES string of the molecule is CCCCOC(CCSSSCCC(OCCCC)(OCCCC)[SiH2]C)(OCCCC)[SiH2]C. The van der Waals surface area contributed by atoms with Crippen LogP contribution in [0.1, 0.15) is 91.9 Å². The van der Waals surface area contributed by atoms with Crippen LogP contribution in [0.5, 0.6) is 0 Å². The summed E-state index contributed by atoms with van der Waals surface area (Å²) >= 11 is 0. The van der Waals surface area contributed by atoms with Crippen LogP contribution < -0.4 is 0 Å². The van der Waals surface area contributed by atoms with Gasteiger partial charge in [-0.2, -0.15) is 0 Å². The Balaban J connectivity index is 4.44. The Hall–Kier alpha value is 1.32. The average Bonchev–Trinajstić information content (AvgIpc) is 2.83. The largest absolute Gasteiger partial charge is 0.354 e. The van der Waals surface area contributed by atoms with Crippen molar-refractivity contribution in [3.8, 4) is 0 Å². The van der Waals surface area contributed by atoms with Gasteiger partial charge >= 0.3 is 0 Å². The molecule has 0 aliphatic carbocycles. The fourth-order valence-corrected chi connectivity index (χ4v) is 10.1. The fourth-order valence-electron chi connectivity index (χ4n) is 3.24.